The third-order valence-electron chi connectivity index (χ3n) is 3.56. The number of unbranched alkanes of at least 4 members (excludes halogenated alkanes) is 2. The van der Waals surface area contributed by atoms with Crippen LogP contribution >= 0.6 is 22.6 Å². The fraction of sp³-hybridized carbons (Fsp3) is 0.412. The minimum atomic E-state index is -4.55. The van der Waals surface area contributed by atoms with Crippen LogP contribution in [-0.4, -0.2) is 23.6 Å². The van der Waals surface area contributed by atoms with Crippen LogP contribution in [-0.2, 0) is 6.18 Å². The maximum atomic E-state index is 13.4. The lowest BCUT2D eigenvalue weighted by molar-refractivity contribution is -0.137. The smallest absolute Gasteiger partial charge is 0.421 e. The highest BCUT2D eigenvalue weighted by molar-refractivity contribution is 14.1. The molecule has 1 heterocycles. The van der Waals surface area contributed by atoms with Gasteiger partial charge in [0.1, 0.15) is 5.56 Å². The fourth-order valence-electron chi connectivity index (χ4n) is 2.24. The number of nitrogens with zero attached hydrogens (tertiary/aromatic N) is 3. The summed E-state index contributed by atoms with van der Waals surface area (Å²) in [5.74, 6) is -0.225. The molecule has 0 atom stereocenters. The van der Waals surface area contributed by atoms with E-state index in [0.717, 1.165) is 29.0 Å². The first kappa shape index (κ1) is 19.7. The lowest BCUT2D eigenvalue weighted by Gasteiger charge is -2.23. The molecule has 2 rings (SSSR count). The molecule has 0 fully saturated rings. The van der Waals surface area contributed by atoms with Gasteiger partial charge in [0.2, 0.25) is 0 Å². The number of ether oxygens (including phenoxy) is 1. The third-order valence-corrected chi connectivity index (χ3v) is 4.47. The number of hydrogen-bond donors (Lipinski definition) is 0. The minimum Gasteiger partial charge on any atom is -0.463 e. The van der Waals surface area contributed by atoms with Crippen molar-refractivity contribution in [3.05, 3.63) is 39.6 Å². The standard InChI is InChI=1S/C17H19F3IN3O/c1-3-4-7-10-25-16-22-11-12(17(18,19)20)15(23-16)24(2)14-9-6-5-8-13(14)21/h5-6,8-9,11H,3-4,7,10H2,1-2H3. The van der Waals surface area contributed by atoms with Gasteiger partial charge in [-0.05, 0) is 41.1 Å². The summed E-state index contributed by atoms with van der Waals surface area (Å²) >= 11 is 2.08. The Bertz CT molecular complexity index is 710. The quantitative estimate of drug-likeness (QED) is 0.404. The number of anilines is 2. The minimum absolute atomic E-state index is 0.0445. The molecule has 0 spiro atoms. The normalized spacial score (nSPS) is 11.4. The molecular weight excluding hydrogens is 446 g/mol. The molecule has 0 saturated heterocycles. The van der Waals surface area contributed by atoms with Crippen LogP contribution in [0.15, 0.2) is 30.5 Å². The average Bonchev–Trinajstić information content (AvgIpc) is 2.57. The number of halogens is 4. The van der Waals surface area contributed by atoms with E-state index in [4.69, 9.17) is 4.74 Å². The van der Waals surface area contributed by atoms with E-state index in [0.29, 0.717) is 12.3 Å². The van der Waals surface area contributed by atoms with Crippen LogP contribution in [0, 0.1) is 3.57 Å². The van der Waals surface area contributed by atoms with Gasteiger partial charge in [0.05, 0.1) is 12.3 Å². The lowest BCUT2D eigenvalue weighted by Crippen LogP contribution is -2.20. The van der Waals surface area contributed by atoms with Gasteiger partial charge in [0.25, 0.3) is 0 Å². The molecule has 0 aliphatic carbocycles. The Hall–Kier alpha value is -1.58. The second-order valence-electron chi connectivity index (χ2n) is 5.45. The molecule has 0 saturated carbocycles. The molecule has 25 heavy (non-hydrogen) atoms. The molecule has 0 N–H and O–H groups in total. The van der Waals surface area contributed by atoms with Gasteiger partial charge in [0, 0.05) is 16.8 Å². The summed E-state index contributed by atoms with van der Waals surface area (Å²) in [5, 5.41) is 0. The SMILES string of the molecule is CCCCCOc1ncc(C(F)(F)F)c(N(C)c2ccccc2I)n1. The van der Waals surface area contributed by atoms with Gasteiger partial charge in [-0.15, -0.1) is 0 Å². The number of alkyl halides is 3. The van der Waals surface area contributed by atoms with E-state index in [-0.39, 0.29) is 11.8 Å². The summed E-state index contributed by atoms with van der Waals surface area (Å²) in [7, 11) is 1.55. The Morgan fingerprint density at radius 1 is 1.20 bits per heavy atom. The molecule has 0 amide bonds. The molecule has 8 heteroatoms. The Kier molecular flexibility index (Phi) is 6.86. The van der Waals surface area contributed by atoms with Crippen molar-refractivity contribution < 1.29 is 17.9 Å². The number of para-hydroxylation sites is 1. The Morgan fingerprint density at radius 2 is 1.92 bits per heavy atom. The van der Waals surface area contributed by atoms with Crippen LogP contribution in [0.5, 0.6) is 6.01 Å². The Labute approximate surface area is 158 Å². The summed E-state index contributed by atoms with van der Waals surface area (Å²) < 4.78 is 46.3. The van der Waals surface area contributed by atoms with E-state index in [2.05, 4.69) is 39.5 Å². The maximum absolute atomic E-state index is 13.4. The highest BCUT2D eigenvalue weighted by Gasteiger charge is 2.37. The number of benzene rings is 1. The predicted molar refractivity (Wildman–Crippen MR) is 99.3 cm³/mol. The molecule has 4 nitrogen and oxygen atoms in total. The fourth-order valence-corrected chi connectivity index (χ4v) is 2.98. The molecule has 0 unspecified atom stereocenters. The zero-order valence-electron chi connectivity index (χ0n) is 14.0. The highest BCUT2D eigenvalue weighted by Crippen LogP contribution is 2.38. The summed E-state index contributed by atoms with van der Waals surface area (Å²) in [6.07, 6.45) is -0.954. The zero-order chi connectivity index (χ0) is 18.4. The van der Waals surface area contributed by atoms with Crippen molar-refractivity contribution in [2.45, 2.75) is 32.4 Å². The van der Waals surface area contributed by atoms with Gasteiger partial charge < -0.3 is 9.64 Å². The monoisotopic (exact) mass is 465 g/mol. The molecular formula is C17H19F3IN3O. The molecule has 0 radical (unpaired) electrons. The molecule has 0 aliphatic heterocycles. The molecule has 0 bridgehead atoms. The zero-order valence-corrected chi connectivity index (χ0v) is 16.1. The van der Waals surface area contributed by atoms with Gasteiger partial charge >= 0.3 is 12.2 Å². The van der Waals surface area contributed by atoms with Crippen LogP contribution in [0.25, 0.3) is 0 Å². The molecule has 1 aromatic heterocycles. The van der Waals surface area contributed by atoms with Crippen LogP contribution in [0.1, 0.15) is 31.7 Å². The molecule has 2 aromatic rings. The van der Waals surface area contributed by atoms with Gasteiger partial charge in [-0.2, -0.15) is 18.2 Å². The summed E-state index contributed by atoms with van der Waals surface area (Å²) in [4.78, 5) is 9.15. The van der Waals surface area contributed by atoms with Crippen molar-refractivity contribution in [1.29, 1.82) is 0 Å². The van der Waals surface area contributed by atoms with Gasteiger partial charge in [-0.3, -0.25) is 0 Å². The van der Waals surface area contributed by atoms with E-state index < -0.39 is 11.7 Å². The number of rotatable bonds is 7. The van der Waals surface area contributed by atoms with Crippen LogP contribution in [0.4, 0.5) is 24.7 Å². The summed E-state index contributed by atoms with van der Waals surface area (Å²) in [6.45, 7) is 2.44. The Balaban J connectivity index is 2.36. The number of hydrogen-bond acceptors (Lipinski definition) is 4. The predicted octanol–water partition coefficient (Wildman–Crippen LogP) is 5.44. The second kappa shape index (κ2) is 8.68. The van der Waals surface area contributed by atoms with E-state index in [1.807, 2.05) is 12.1 Å². The van der Waals surface area contributed by atoms with E-state index in [1.165, 1.54) is 4.90 Å². The van der Waals surface area contributed by atoms with Crippen molar-refractivity contribution in [1.82, 2.24) is 9.97 Å². The first-order valence-electron chi connectivity index (χ1n) is 7.90. The van der Waals surface area contributed by atoms with Crippen molar-refractivity contribution in [2.75, 3.05) is 18.6 Å². The first-order chi connectivity index (χ1) is 11.8. The largest absolute Gasteiger partial charge is 0.463 e. The summed E-state index contributed by atoms with van der Waals surface area (Å²) in [5.41, 5.74) is -0.264. The second-order valence-corrected chi connectivity index (χ2v) is 6.62. The Morgan fingerprint density at radius 3 is 2.56 bits per heavy atom. The van der Waals surface area contributed by atoms with Gasteiger partial charge in [0.15, 0.2) is 5.82 Å². The third kappa shape index (κ3) is 5.20. The van der Waals surface area contributed by atoms with Gasteiger partial charge in [-0.1, -0.05) is 31.9 Å². The highest BCUT2D eigenvalue weighted by atomic mass is 127. The van der Waals surface area contributed by atoms with E-state index in [9.17, 15) is 13.2 Å². The van der Waals surface area contributed by atoms with Crippen LogP contribution in [0.3, 0.4) is 0 Å². The molecule has 136 valence electrons. The topological polar surface area (TPSA) is 38.2 Å². The average molecular weight is 465 g/mol. The molecule has 0 aliphatic rings. The lowest BCUT2D eigenvalue weighted by atomic mass is 10.2. The first-order valence-corrected chi connectivity index (χ1v) is 8.97. The van der Waals surface area contributed by atoms with Crippen molar-refractivity contribution >= 4 is 34.1 Å². The van der Waals surface area contributed by atoms with Crippen LogP contribution in [0.2, 0.25) is 0 Å². The van der Waals surface area contributed by atoms with E-state index >= 15 is 0 Å². The van der Waals surface area contributed by atoms with Gasteiger partial charge in [-0.25, -0.2) is 4.98 Å². The van der Waals surface area contributed by atoms with Crippen molar-refractivity contribution in [2.24, 2.45) is 0 Å². The maximum Gasteiger partial charge on any atom is 0.421 e. The van der Waals surface area contributed by atoms with Crippen molar-refractivity contribution in [3.8, 4) is 6.01 Å². The number of aromatic nitrogens is 2. The summed E-state index contributed by atoms with van der Waals surface area (Å²) in [6, 6.07) is 7.11. The van der Waals surface area contributed by atoms with E-state index in [1.54, 1.807) is 19.2 Å². The van der Waals surface area contributed by atoms with Crippen LogP contribution < -0.4 is 9.64 Å². The van der Waals surface area contributed by atoms with Crippen molar-refractivity contribution in [3.63, 3.8) is 0 Å². The molecule has 1 aromatic carbocycles.